The number of rotatable bonds is 4. The van der Waals surface area contributed by atoms with E-state index < -0.39 is 0 Å². The SMILES string of the molecule is CSc1ccc(NC(=O)C(C)N2CCCC(O)C2)cc1. The van der Waals surface area contributed by atoms with Crippen LogP contribution in [0.5, 0.6) is 0 Å². The summed E-state index contributed by atoms with van der Waals surface area (Å²) in [5.41, 5.74) is 0.817. The zero-order valence-electron chi connectivity index (χ0n) is 12.0. The highest BCUT2D eigenvalue weighted by Gasteiger charge is 2.26. The van der Waals surface area contributed by atoms with E-state index in [2.05, 4.69) is 5.32 Å². The lowest BCUT2D eigenvalue weighted by Crippen LogP contribution is -2.48. The Morgan fingerprint density at radius 2 is 2.15 bits per heavy atom. The monoisotopic (exact) mass is 294 g/mol. The number of hydrogen-bond donors (Lipinski definition) is 2. The number of aliphatic hydroxyl groups is 1. The van der Waals surface area contributed by atoms with Gasteiger partial charge < -0.3 is 10.4 Å². The fraction of sp³-hybridized carbons (Fsp3) is 0.533. The van der Waals surface area contributed by atoms with E-state index in [0.717, 1.165) is 25.1 Å². The number of hydrogen-bond acceptors (Lipinski definition) is 4. The molecule has 1 aromatic carbocycles. The van der Waals surface area contributed by atoms with E-state index >= 15 is 0 Å². The number of benzene rings is 1. The molecule has 20 heavy (non-hydrogen) atoms. The molecule has 1 amide bonds. The van der Waals surface area contributed by atoms with Crippen LogP contribution in [0.1, 0.15) is 19.8 Å². The molecular weight excluding hydrogens is 272 g/mol. The van der Waals surface area contributed by atoms with Crippen LogP contribution in [0, 0.1) is 0 Å². The van der Waals surface area contributed by atoms with Gasteiger partial charge in [0.25, 0.3) is 0 Å². The first-order valence-electron chi connectivity index (χ1n) is 6.97. The molecule has 1 saturated heterocycles. The normalized spacial score (nSPS) is 21.4. The van der Waals surface area contributed by atoms with Gasteiger partial charge in [-0.1, -0.05) is 0 Å². The highest BCUT2D eigenvalue weighted by Crippen LogP contribution is 2.18. The number of nitrogens with one attached hydrogen (secondary N) is 1. The fourth-order valence-electron chi connectivity index (χ4n) is 2.42. The van der Waals surface area contributed by atoms with Gasteiger partial charge in [0.1, 0.15) is 0 Å². The van der Waals surface area contributed by atoms with Crippen molar-refractivity contribution in [2.24, 2.45) is 0 Å². The summed E-state index contributed by atoms with van der Waals surface area (Å²) in [6.45, 7) is 3.35. The van der Waals surface area contributed by atoms with Crippen LogP contribution in [0.4, 0.5) is 5.69 Å². The van der Waals surface area contributed by atoms with E-state index in [0.29, 0.717) is 6.54 Å². The second kappa shape index (κ2) is 7.11. The summed E-state index contributed by atoms with van der Waals surface area (Å²) in [5, 5.41) is 12.6. The number of likely N-dealkylation sites (tertiary alicyclic amines) is 1. The Balaban J connectivity index is 1.92. The van der Waals surface area contributed by atoms with Crippen molar-refractivity contribution in [3.05, 3.63) is 24.3 Å². The minimum absolute atomic E-state index is 0.0176. The lowest BCUT2D eigenvalue weighted by molar-refractivity contribution is -0.121. The van der Waals surface area contributed by atoms with Crippen LogP contribution in [0.3, 0.4) is 0 Å². The minimum atomic E-state index is -0.306. The van der Waals surface area contributed by atoms with Gasteiger partial charge in [0.05, 0.1) is 12.1 Å². The predicted molar refractivity (Wildman–Crippen MR) is 83.1 cm³/mol. The zero-order chi connectivity index (χ0) is 14.5. The van der Waals surface area contributed by atoms with Gasteiger partial charge >= 0.3 is 0 Å². The molecule has 0 saturated carbocycles. The van der Waals surface area contributed by atoms with Crippen molar-refractivity contribution in [2.75, 3.05) is 24.7 Å². The number of carbonyl (C=O) groups excluding carboxylic acids is 1. The number of amides is 1. The Bertz CT molecular complexity index is 450. The van der Waals surface area contributed by atoms with Crippen LogP contribution in [-0.2, 0) is 4.79 Å². The smallest absolute Gasteiger partial charge is 0.241 e. The molecule has 1 aliphatic heterocycles. The van der Waals surface area contributed by atoms with Gasteiger partial charge in [-0.15, -0.1) is 11.8 Å². The quantitative estimate of drug-likeness (QED) is 0.836. The van der Waals surface area contributed by atoms with E-state index in [1.807, 2.05) is 42.3 Å². The number of β-amino-alcohol motifs (C(OH)–C–C–N with tert-alkyl or cyclic N) is 1. The average Bonchev–Trinajstić information content (AvgIpc) is 2.47. The molecule has 2 atom stereocenters. The van der Waals surface area contributed by atoms with E-state index in [9.17, 15) is 9.90 Å². The molecule has 0 spiro atoms. The van der Waals surface area contributed by atoms with Crippen LogP contribution < -0.4 is 5.32 Å². The Hall–Kier alpha value is -1.04. The summed E-state index contributed by atoms with van der Waals surface area (Å²) in [7, 11) is 0. The topological polar surface area (TPSA) is 52.6 Å². The molecule has 1 heterocycles. The third kappa shape index (κ3) is 3.98. The standard InChI is InChI=1S/C15H22N2O2S/c1-11(17-9-3-4-13(18)10-17)15(19)16-12-5-7-14(20-2)8-6-12/h5-8,11,13,18H,3-4,9-10H2,1-2H3,(H,16,19). The molecular formula is C15H22N2O2S. The molecule has 0 aliphatic carbocycles. The van der Waals surface area contributed by atoms with Gasteiger partial charge in [-0.2, -0.15) is 0 Å². The van der Waals surface area contributed by atoms with Crippen molar-refractivity contribution >= 4 is 23.4 Å². The second-order valence-corrected chi connectivity index (χ2v) is 6.06. The number of piperidine rings is 1. The molecule has 4 nitrogen and oxygen atoms in total. The first-order chi connectivity index (χ1) is 9.60. The van der Waals surface area contributed by atoms with Gasteiger partial charge in [0.2, 0.25) is 5.91 Å². The lowest BCUT2D eigenvalue weighted by Gasteiger charge is -2.33. The molecule has 2 N–H and O–H groups in total. The van der Waals surface area contributed by atoms with Crippen LogP contribution in [0.25, 0.3) is 0 Å². The van der Waals surface area contributed by atoms with Crippen molar-refractivity contribution in [1.82, 2.24) is 4.90 Å². The van der Waals surface area contributed by atoms with Gasteiger partial charge in [-0.05, 0) is 56.8 Å². The van der Waals surface area contributed by atoms with Crippen molar-refractivity contribution in [1.29, 1.82) is 0 Å². The van der Waals surface area contributed by atoms with Crippen LogP contribution in [0.15, 0.2) is 29.2 Å². The van der Waals surface area contributed by atoms with Crippen LogP contribution >= 0.6 is 11.8 Å². The Labute approximate surface area is 124 Å². The number of anilines is 1. The summed E-state index contributed by atoms with van der Waals surface area (Å²) in [6.07, 6.45) is 3.50. The maximum absolute atomic E-state index is 12.2. The van der Waals surface area contributed by atoms with Crippen molar-refractivity contribution in [2.45, 2.75) is 36.8 Å². The predicted octanol–water partition coefficient (Wildman–Crippen LogP) is 2.19. The Morgan fingerprint density at radius 3 is 2.75 bits per heavy atom. The largest absolute Gasteiger partial charge is 0.392 e. The number of carbonyl (C=O) groups is 1. The highest BCUT2D eigenvalue weighted by atomic mass is 32.2. The third-order valence-corrected chi connectivity index (χ3v) is 4.46. The van der Waals surface area contributed by atoms with Gasteiger partial charge in [0.15, 0.2) is 0 Å². The van der Waals surface area contributed by atoms with E-state index in [1.165, 1.54) is 4.90 Å². The Morgan fingerprint density at radius 1 is 1.45 bits per heavy atom. The summed E-state index contributed by atoms with van der Waals surface area (Å²) < 4.78 is 0. The van der Waals surface area contributed by atoms with E-state index in [1.54, 1.807) is 11.8 Å². The van der Waals surface area contributed by atoms with Gasteiger partial charge in [0, 0.05) is 17.1 Å². The van der Waals surface area contributed by atoms with Gasteiger partial charge in [-0.25, -0.2) is 0 Å². The third-order valence-electron chi connectivity index (χ3n) is 3.71. The molecule has 2 rings (SSSR count). The lowest BCUT2D eigenvalue weighted by atomic mass is 10.1. The molecule has 0 bridgehead atoms. The Kier molecular flexibility index (Phi) is 5.46. The number of aliphatic hydroxyl groups excluding tert-OH is 1. The summed E-state index contributed by atoms with van der Waals surface area (Å²) >= 11 is 1.68. The van der Waals surface area contributed by atoms with E-state index in [-0.39, 0.29) is 18.1 Å². The van der Waals surface area contributed by atoms with Crippen molar-refractivity contribution in [3.63, 3.8) is 0 Å². The number of thioether (sulfide) groups is 1. The maximum Gasteiger partial charge on any atom is 0.241 e. The molecule has 0 radical (unpaired) electrons. The minimum Gasteiger partial charge on any atom is -0.392 e. The summed E-state index contributed by atoms with van der Waals surface area (Å²) in [4.78, 5) is 15.5. The maximum atomic E-state index is 12.2. The zero-order valence-corrected chi connectivity index (χ0v) is 12.8. The molecule has 1 fully saturated rings. The van der Waals surface area contributed by atoms with Crippen LogP contribution in [0.2, 0.25) is 0 Å². The van der Waals surface area contributed by atoms with Crippen LogP contribution in [-0.4, -0.2) is 47.4 Å². The summed E-state index contributed by atoms with van der Waals surface area (Å²) in [6, 6.07) is 7.61. The fourth-order valence-corrected chi connectivity index (χ4v) is 2.83. The van der Waals surface area contributed by atoms with Crippen molar-refractivity contribution in [3.8, 4) is 0 Å². The second-order valence-electron chi connectivity index (χ2n) is 5.18. The molecule has 2 unspecified atom stereocenters. The van der Waals surface area contributed by atoms with E-state index in [4.69, 9.17) is 0 Å². The molecule has 5 heteroatoms. The van der Waals surface area contributed by atoms with Gasteiger partial charge in [-0.3, -0.25) is 9.69 Å². The molecule has 110 valence electrons. The summed E-state index contributed by atoms with van der Waals surface area (Å²) in [5.74, 6) is -0.0176. The highest BCUT2D eigenvalue weighted by molar-refractivity contribution is 7.98. The molecule has 1 aliphatic rings. The first-order valence-corrected chi connectivity index (χ1v) is 8.19. The average molecular weight is 294 g/mol. The van der Waals surface area contributed by atoms with Crippen molar-refractivity contribution < 1.29 is 9.90 Å². The first kappa shape index (κ1) is 15.4. The number of nitrogens with zero attached hydrogens (tertiary/aromatic N) is 1. The molecule has 0 aromatic heterocycles. The molecule has 1 aromatic rings.